The second kappa shape index (κ2) is 8.07. The highest BCUT2D eigenvalue weighted by atomic mass is 31.2. The number of rotatable bonds is 7. The van der Waals surface area contributed by atoms with Crippen LogP contribution in [0.1, 0.15) is 15.9 Å². The predicted octanol–water partition coefficient (Wildman–Crippen LogP) is 2.77. The molecule has 2 aromatic carbocycles. The monoisotopic (exact) mass is 363 g/mol. The zero-order valence-corrected chi connectivity index (χ0v) is 14.3. The molecule has 2 atom stereocenters. The lowest BCUT2D eigenvalue weighted by Crippen LogP contribution is -2.31. The minimum atomic E-state index is -3.88. The van der Waals surface area contributed by atoms with Crippen molar-refractivity contribution in [2.45, 2.75) is 12.5 Å². The predicted molar refractivity (Wildman–Crippen MR) is 92.8 cm³/mol. The standard InChI is InChI=1S/C17H18NO6P/c1-25(22,23)24-15(11-12-5-3-2-4-6-12)16(19)18-14-9-7-13(8-10-14)17(20)21/h2-10,15H,11H2,1H3,(H,18,19)(H,20,21)(H,22,23)/t15-/m0/s1. The van der Waals surface area contributed by atoms with Crippen molar-refractivity contribution in [1.29, 1.82) is 0 Å². The Kier molecular flexibility index (Phi) is 6.09. The Morgan fingerprint density at radius 1 is 1.12 bits per heavy atom. The molecule has 1 amide bonds. The van der Waals surface area contributed by atoms with Gasteiger partial charge in [0.2, 0.25) is 0 Å². The summed E-state index contributed by atoms with van der Waals surface area (Å²) in [6.07, 6.45) is -1.04. The summed E-state index contributed by atoms with van der Waals surface area (Å²) >= 11 is 0. The first-order valence-corrected chi connectivity index (χ1v) is 9.44. The number of carbonyl (C=O) groups excluding carboxylic acids is 1. The Morgan fingerprint density at radius 2 is 1.72 bits per heavy atom. The van der Waals surface area contributed by atoms with E-state index in [-0.39, 0.29) is 12.0 Å². The Labute approximate surface area is 144 Å². The van der Waals surface area contributed by atoms with Crippen LogP contribution >= 0.6 is 7.60 Å². The second-order valence-corrected chi connectivity index (χ2v) is 7.28. The highest BCUT2D eigenvalue weighted by Crippen LogP contribution is 2.39. The van der Waals surface area contributed by atoms with Gasteiger partial charge in [-0.15, -0.1) is 0 Å². The van der Waals surface area contributed by atoms with Crippen LogP contribution in [-0.4, -0.2) is 34.6 Å². The number of aromatic carboxylic acids is 1. The summed E-state index contributed by atoms with van der Waals surface area (Å²) in [6.45, 7) is 1.01. The molecular weight excluding hydrogens is 345 g/mol. The lowest BCUT2D eigenvalue weighted by Gasteiger charge is -2.19. The third kappa shape index (κ3) is 6.15. The topological polar surface area (TPSA) is 113 Å². The van der Waals surface area contributed by atoms with E-state index < -0.39 is 25.6 Å². The van der Waals surface area contributed by atoms with Gasteiger partial charge in [0, 0.05) is 18.8 Å². The molecular formula is C17H18NO6P. The largest absolute Gasteiger partial charge is 0.478 e. The smallest absolute Gasteiger partial charge is 0.335 e. The maximum absolute atomic E-state index is 12.4. The minimum Gasteiger partial charge on any atom is -0.478 e. The Balaban J connectivity index is 2.13. The number of carboxylic acid groups (broad SMARTS) is 1. The van der Waals surface area contributed by atoms with Gasteiger partial charge in [0.15, 0.2) is 0 Å². The van der Waals surface area contributed by atoms with Gasteiger partial charge in [-0.1, -0.05) is 30.3 Å². The van der Waals surface area contributed by atoms with Crippen molar-refractivity contribution in [3.8, 4) is 0 Å². The number of amides is 1. The summed E-state index contributed by atoms with van der Waals surface area (Å²) in [4.78, 5) is 32.7. The molecule has 0 aliphatic rings. The quantitative estimate of drug-likeness (QED) is 0.652. The van der Waals surface area contributed by atoms with E-state index in [1.165, 1.54) is 24.3 Å². The lowest BCUT2D eigenvalue weighted by molar-refractivity contribution is -0.123. The number of nitrogens with one attached hydrogen (secondary N) is 1. The van der Waals surface area contributed by atoms with Crippen molar-refractivity contribution >= 4 is 25.2 Å². The van der Waals surface area contributed by atoms with Crippen LogP contribution < -0.4 is 5.32 Å². The molecule has 25 heavy (non-hydrogen) atoms. The van der Waals surface area contributed by atoms with Crippen molar-refractivity contribution in [3.63, 3.8) is 0 Å². The van der Waals surface area contributed by atoms with E-state index in [9.17, 15) is 19.0 Å². The fourth-order valence-electron chi connectivity index (χ4n) is 2.16. The van der Waals surface area contributed by atoms with Crippen LogP contribution in [0.5, 0.6) is 0 Å². The number of carbonyl (C=O) groups is 2. The molecule has 3 N–H and O–H groups in total. The average Bonchev–Trinajstić information content (AvgIpc) is 2.54. The van der Waals surface area contributed by atoms with Crippen molar-refractivity contribution in [3.05, 3.63) is 65.7 Å². The summed E-state index contributed by atoms with van der Waals surface area (Å²) in [5.74, 6) is -1.67. The van der Waals surface area contributed by atoms with E-state index in [0.29, 0.717) is 5.69 Å². The summed E-state index contributed by atoms with van der Waals surface area (Å²) in [6, 6.07) is 14.5. The third-order valence-corrected chi connectivity index (χ3v) is 3.92. The van der Waals surface area contributed by atoms with E-state index in [1.54, 1.807) is 24.3 Å². The molecule has 1 unspecified atom stereocenters. The number of anilines is 1. The van der Waals surface area contributed by atoms with Crippen LogP contribution in [0.15, 0.2) is 54.6 Å². The molecule has 7 nitrogen and oxygen atoms in total. The second-order valence-electron chi connectivity index (χ2n) is 5.46. The molecule has 0 fully saturated rings. The molecule has 0 radical (unpaired) electrons. The first kappa shape index (κ1) is 18.9. The van der Waals surface area contributed by atoms with Gasteiger partial charge in [-0.2, -0.15) is 0 Å². The van der Waals surface area contributed by atoms with E-state index in [4.69, 9.17) is 9.63 Å². The zero-order valence-electron chi connectivity index (χ0n) is 13.5. The average molecular weight is 363 g/mol. The van der Waals surface area contributed by atoms with Crippen molar-refractivity contribution < 1.29 is 28.7 Å². The Bertz CT molecular complexity index is 785. The molecule has 0 heterocycles. The number of hydrogen-bond donors (Lipinski definition) is 3. The Hall–Kier alpha value is -2.47. The normalized spacial score (nSPS) is 14.3. The zero-order chi connectivity index (χ0) is 18.4. The molecule has 0 bridgehead atoms. The van der Waals surface area contributed by atoms with Gasteiger partial charge in [-0.05, 0) is 29.8 Å². The van der Waals surface area contributed by atoms with Gasteiger partial charge < -0.3 is 15.3 Å². The van der Waals surface area contributed by atoms with Crippen molar-refractivity contribution in [2.24, 2.45) is 0 Å². The van der Waals surface area contributed by atoms with Gasteiger partial charge in [-0.3, -0.25) is 13.9 Å². The first-order valence-electron chi connectivity index (χ1n) is 7.41. The molecule has 0 aromatic heterocycles. The van der Waals surface area contributed by atoms with Crippen LogP contribution in [0.4, 0.5) is 5.69 Å². The fraction of sp³-hybridized carbons (Fsp3) is 0.176. The van der Waals surface area contributed by atoms with Crippen LogP contribution in [0.25, 0.3) is 0 Å². The number of benzene rings is 2. The number of hydrogen-bond acceptors (Lipinski definition) is 4. The molecule has 132 valence electrons. The maximum atomic E-state index is 12.4. The molecule has 8 heteroatoms. The highest BCUT2D eigenvalue weighted by Gasteiger charge is 2.26. The van der Waals surface area contributed by atoms with Gasteiger partial charge in [-0.25, -0.2) is 4.79 Å². The molecule has 0 saturated carbocycles. The lowest BCUT2D eigenvalue weighted by atomic mass is 10.1. The van der Waals surface area contributed by atoms with Crippen LogP contribution in [0, 0.1) is 0 Å². The molecule has 2 rings (SSSR count). The fourth-order valence-corrected chi connectivity index (χ4v) is 2.80. The van der Waals surface area contributed by atoms with E-state index in [0.717, 1.165) is 12.2 Å². The summed E-state index contributed by atoms with van der Waals surface area (Å²) in [7, 11) is -3.88. The van der Waals surface area contributed by atoms with Crippen LogP contribution in [0.2, 0.25) is 0 Å². The summed E-state index contributed by atoms with van der Waals surface area (Å²) in [5.41, 5.74) is 1.22. The third-order valence-electron chi connectivity index (χ3n) is 3.28. The van der Waals surface area contributed by atoms with Crippen molar-refractivity contribution in [1.82, 2.24) is 0 Å². The highest BCUT2D eigenvalue weighted by molar-refractivity contribution is 7.51. The summed E-state index contributed by atoms with van der Waals surface area (Å²) in [5, 5.41) is 11.4. The van der Waals surface area contributed by atoms with Crippen LogP contribution in [0.3, 0.4) is 0 Å². The molecule has 0 spiro atoms. The van der Waals surface area contributed by atoms with E-state index in [2.05, 4.69) is 5.32 Å². The minimum absolute atomic E-state index is 0.0866. The maximum Gasteiger partial charge on any atom is 0.335 e. The molecule has 0 aliphatic carbocycles. The van der Waals surface area contributed by atoms with Crippen LogP contribution in [-0.2, 0) is 20.3 Å². The SMILES string of the molecule is CP(=O)(O)O[C@@H](Cc1ccccc1)C(=O)Nc1ccc(C(=O)O)cc1. The molecule has 0 saturated heterocycles. The summed E-state index contributed by atoms with van der Waals surface area (Å²) < 4.78 is 16.6. The van der Waals surface area contributed by atoms with E-state index in [1.807, 2.05) is 6.07 Å². The first-order chi connectivity index (χ1) is 11.7. The van der Waals surface area contributed by atoms with Gasteiger partial charge >= 0.3 is 13.6 Å². The number of carboxylic acids is 1. The van der Waals surface area contributed by atoms with Gasteiger partial charge in [0.1, 0.15) is 6.10 Å². The van der Waals surface area contributed by atoms with Crippen molar-refractivity contribution in [2.75, 3.05) is 12.0 Å². The van der Waals surface area contributed by atoms with Gasteiger partial charge in [0.05, 0.1) is 5.56 Å². The molecule has 2 aromatic rings. The van der Waals surface area contributed by atoms with E-state index >= 15 is 0 Å². The Morgan fingerprint density at radius 3 is 2.24 bits per heavy atom. The van der Waals surface area contributed by atoms with Gasteiger partial charge in [0.25, 0.3) is 5.91 Å². The molecule has 0 aliphatic heterocycles.